The van der Waals surface area contributed by atoms with Crippen molar-refractivity contribution in [2.45, 2.75) is 6.10 Å². The van der Waals surface area contributed by atoms with Gasteiger partial charge in [-0.1, -0.05) is 30.3 Å². The van der Waals surface area contributed by atoms with Crippen molar-refractivity contribution < 1.29 is 24.2 Å². The Morgan fingerprint density at radius 2 is 1.91 bits per heavy atom. The van der Waals surface area contributed by atoms with Gasteiger partial charge in [-0.15, -0.1) is 0 Å². The smallest absolute Gasteiger partial charge is 0.339 e. The number of aliphatic hydroxyl groups excluding tert-OH is 1. The SMILES string of the molecule is COC(=O)c1cc(C(N)=O)n(NC(=O)C(O)c2ccccc2)c1. The molecule has 0 aliphatic carbocycles. The second-order valence-electron chi connectivity index (χ2n) is 4.63. The van der Waals surface area contributed by atoms with Crippen molar-refractivity contribution in [1.82, 2.24) is 4.68 Å². The maximum Gasteiger partial charge on any atom is 0.339 e. The zero-order valence-electron chi connectivity index (χ0n) is 12.2. The second kappa shape index (κ2) is 6.75. The third-order valence-electron chi connectivity index (χ3n) is 3.09. The minimum absolute atomic E-state index is 0.0378. The van der Waals surface area contributed by atoms with Gasteiger partial charge in [0.25, 0.3) is 11.8 Å². The Hall–Kier alpha value is -3.13. The molecule has 8 nitrogen and oxygen atoms in total. The summed E-state index contributed by atoms with van der Waals surface area (Å²) in [6.07, 6.45) is -0.262. The fourth-order valence-electron chi connectivity index (χ4n) is 1.94. The molecule has 0 saturated heterocycles. The highest BCUT2D eigenvalue weighted by atomic mass is 16.5. The fourth-order valence-corrected chi connectivity index (χ4v) is 1.94. The Bertz CT molecular complexity index is 739. The number of amides is 2. The van der Waals surface area contributed by atoms with Crippen molar-refractivity contribution in [2.24, 2.45) is 5.73 Å². The first kappa shape index (κ1) is 16.2. The highest BCUT2D eigenvalue weighted by Gasteiger charge is 2.21. The molecule has 0 bridgehead atoms. The van der Waals surface area contributed by atoms with Gasteiger partial charge in [-0.25, -0.2) is 4.79 Å². The number of carbonyl (C=O) groups is 3. The van der Waals surface area contributed by atoms with Crippen LogP contribution in [0.1, 0.15) is 32.5 Å². The van der Waals surface area contributed by atoms with Crippen LogP contribution in [0.3, 0.4) is 0 Å². The Morgan fingerprint density at radius 3 is 2.48 bits per heavy atom. The van der Waals surface area contributed by atoms with Gasteiger partial charge < -0.3 is 15.6 Å². The van der Waals surface area contributed by atoms with Crippen molar-refractivity contribution in [1.29, 1.82) is 0 Å². The zero-order valence-corrected chi connectivity index (χ0v) is 12.2. The number of aromatic nitrogens is 1. The Morgan fingerprint density at radius 1 is 1.26 bits per heavy atom. The summed E-state index contributed by atoms with van der Waals surface area (Å²) in [5, 5.41) is 10.0. The first-order valence-electron chi connectivity index (χ1n) is 6.58. The third kappa shape index (κ3) is 3.55. The molecule has 1 aromatic carbocycles. The van der Waals surface area contributed by atoms with Crippen LogP contribution in [-0.4, -0.2) is 34.7 Å². The summed E-state index contributed by atoms with van der Waals surface area (Å²) >= 11 is 0. The van der Waals surface area contributed by atoms with Crippen LogP contribution in [0.4, 0.5) is 0 Å². The average molecular weight is 317 g/mol. The van der Waals surface area contributed by atoms with Gasteiger partial charge in [0.1, 0.15) is 5.69 Å². The number of aliphatic hydroxyl groups is 1. The summed E-state index contributed by atoms with van der Waals surface area (Å²) in [6, 6.07) is 9.43. The van der Waals surface area contributed by atoms with Gasteiger partial charge in [-0.3, -0.25) is 19.7 Å². The number of carbonyl (C=O) groups excluding carboxylic acids is 3. The van der Waals surface area contributed by atoms with Crippen LogP contribution in [0.2, 0.25) is 0 Å². The van der Waals surface area contributed by atoms with Gasteiger partial charge in [0.2, 0.25) is 0 Å². The number of ether oxygens (including phenoxy) is 1. The van der Waals surface area contributed by atoms with Gasteiger partial charge in [-0.05, 0) is 11.6 Å². The van der Waals surface area contributed by atoms with E-state index in [0.29, 0.717) is 5.56 Å². The minimum Gasteiger partial charge on any atom is -0.465 e. The summed E-state index contributed by atoms with van der Waals surface area (Å²) in [5.74, 6) is -2.33. The van der Waals surface area contributed by atoms with E-state index in [1.165, 1.54) is 19.4 Å². The molecule has 0 aliphatic rings. The molecule has 0 aliphatic heterocycles. The number of nitrogens with zero attached hydrogens (tertiary/aromatic N) is 1. The Labute approximate surface area is 131 Å². The number of esters is 1. The average Bonchev–Trinajstić information content (AvgIpc) is 2.98. The first-order valence-corrected chi connectivity index (χ1v) is 6.58. The molecule has 1 unspecified atom stereocenters. The number of primary amides is 1. The van der Waals surface area contributed by atoms with E-state index in [0.717, 1.165) is 4.68 Å². The van der Waals surface area contributed by atoms with Gasteiger partial charge in [0, 0.05) is 6.20 Å². The topological polar surface area (TPSA) is 124 Å². The number of methoxy groups -OCH3 is 1. The minimum atomic E-state index is -1.44. The lowest BCUT2D eigenvalue weighted by Gasteiger charge is -2.13. The van der Waals surface area contributed by atoms with E-state index in [1.54, 1.807) is 30.3 Å². The third-order valence-corrected chi connectivity index (χ3v) is 3.09. The molecule has 2 amide bonds. The first-order chi connectivity index (χ1) is 10.9. The molecular formula is C15H15N3O5. The molecule has 1 heterocycles. The molecule has 4 N–H and O–H groups in total. The lowest BCUT2D eigenvalue weighted by atomic mass is 10.1. The number of benzene rings is 1. The van der Waals surface area contributed by atoms with E-state index >= 15 is 0 Å². The largest absolute Gasteiger partial charge is 0.465 e. The van der Waals surface area contributed by atoms with Gasteiger partial charge >= 0.3 is 5.97 Å². The molecule has 2 rings (SSSR count). The number of nitrogens with two attached hydrogens (primary N) is 1. The quantitative estimate of drug-likeness (QED) is 0.679. The van der Waals surface area contributed by atoms with Crippen LogP contribution >= 0.6 is 0 Å². The Kier molecular flexibility index (Phi) is 4.77. The monoisotopic (exact) mass is 317 g/mol. The van der Waals surface area contributed by atoms with E-state index in [9.17, 15) is 19.5 Å². The van der Waals surface area contributed by atoms with Gasteiger partial charge in [0.15, 0.2) is 6.10 Å². The maximum absolute atomic E-state index is 12.1. The van der Waals surface area contributed by atoms with Crippen LogP contribution in [-0.2, 0) is 9.53 Å². The van der Waals surface area contributed by atoms with E-state index in [4.69, 9.17) is 5.73 Å². The molecular weight excluding hydrogens is 302 g/mol. The predicted octanol–water partition coefficient (Wildman–Crippen LogP) is 0.177. The van der Waals surface area contributed by atoms with Crippen LogP contribution in [0.5, 0.6) is 0 Å². The molecule has 23 heavy (non-hydrogen) atoms. The van der Waals surface area contributed by atoms with Crippen molar-refractivity contribution in [3.63, 3.8) is 0 Å². The highest BCUT2D eigenvalue weighted by Crippen LogP contribution is 2.14. The molecule has 1 atom stereocenters. The van der Waals surface area contributed by atoms with Crippen molar-refractivity contribution in [3.05, 3.63) is 59.4 Å². The predicted molar refractivity (Wildman–Crippen MR) is 80.1 cm³/mol. The molecule has 0 saturated carbocycles. The van der Waals surface area contributed by atoms with Crippen LogP contribution < -0.4 is 11.2 Å². The molecule has 0 spiro atoms. The summed E-state index contributed by atoms with van der Waals surface area (Å²) in [7, 11) is 1.18. The molecule has 120 valence electrons. The fraction of sp³-hybridized carbons (Fsp3) is 0.133. The van der Waals surface area contributed by atoms with E-state index < -0.39 is 23.9 Å². The van der Waals surface area contributed by atoms with Crippen LogP contribution in [0.15, 0.2) is 42.6 Å². The molecule has 1 aromatic heterocycles. The van der Waals surface area contributed by atoms with Gasteiger partial charge in [-0.2, -0.15) is 0 Å². The Balaban J connectivity index is 2.25. The van der Waals surface area contributed by atoms with Crippen molar-refractivity contribution in [2.75, 3.05) is 12.5 Å². The molecule has 8 heteroatoms. The standard InChI is InChI=1S/C15H15N3O5/c1-23-15(22)10-7-11(13(16)20)18(8-10)17-14(21)12(19)9-5-3-2-4-6-9/h2-8,12,19H,1H3,(H2,16,20)(H,17,21). The van der Waals surface area contributed by atoms with Crippen LogP contribution in [0, 0.1) is 0 Å². The summed E-state index contributed by atoms with van der Waals surface area (Å²) in [6.45, 7) is 0. The van der Waals surface area contributed by atoms with Crippen molar-refractivity contribution in [3.8, 4) is 0 Å². The summed E-state index contributed by atoms with van der Waals surface area (Å²) in [5.41, 5.74) is 7.81. The summed E-state index contributed by atoms with van der Waals surface area (Å²) < 4.78 is 5.51. The normalized spacial score (nSPS) is 11.6. The van der Waals surface area contributed by atoms with E-state index in [2.05, 4.69) is 10.2 Å². The molecule has 2 aromatic rings. The summed E-state index contributed by atoms with van der Waals surface area (Å²) in [4.78, 5) is 35.0. The second-order valence-corrected chi connectivity index (χ2v) is 4.63. The number of nitrogens with one attached hydrogen (secondary N) is 1. The highest BCUT2D eigenvalue weighted by molar-refractivity contribution is 5.98. The maximum atomic E-state index is 12.1. The van der Waals surface area contributed by atoms with Gasteiger partial charge in [0.05, 0.1) is 12.7 Å². The lowest BCUT2D eigenvalue weighted by molar-refractivity contribution is -0.125. The van der Waals surface area contributed by atoms with E-state index in [-0.39, 0.29) is 11.3 Å². The zero-order chi connectivity index (χ0) is 17.0. The molecule has 0 radical (unpaired) electrons. The van der Waals surface area contributed by atoms with E-state index in [1.807, 2.05) is 0 Å². The van der Waals surface area contributed by atoms with Crippen LogP contribution in [0.25, 0.3) is 0 Å². The number of hydrogen-bond donors (Lipinski definition) is 3. The van der Waals surface area contributed by atoms with Crippen molar-refractivity contribution >= 4 is 17.8 Å². The number of hydrogen-bond acceptors (Lipinski definition) is 5. The number of rotatable bonds is 5. The molecule has 0 fully saturated rings. The lowest BCUT2D eigenvalue weighted by Crippen LogP contribution is -2.31.